The van der Waals surface area contributed by atoms with Gasteiger partial charge < -0.3 is 4.74 Å². The molecule has 21 heavy (non-hydrogen) atoms. The molecule has 1 amide bonds. The molecule has 0 unspecified atom stereocenters. The quantitative estimate of drug-likeness (QED) is 0.514. The summed E-state index contributed by atoms with van der Waals surface area (Å²) >= 11 is 11.7. The molecule has 0 radical (unpaired) electrons. The Labute approximate surface area is 130 Å². The highest BCUT2D eigenvalue weighted by molar-refractivity contribution is 6.34. The van der Waals surface area contributed by atoms with Gasteiger partial charge in [-0.05, 0) is 36.4 Å². The average Bonchev–Trinajstić information content (AvgIpc) is 2.44. The summed E-state index contributed by atoms with van der Waals surface area (Å²) in [6, 6.07) is 8.54. The largest absolute Gasteiger partial charge is 0.489 e. The van der Waals surface area contributed by atoms with Crippen LogP contribution in [0.5, 0.6) is 5.75 Å². The molecule has 0 aliphatic heterocycles. The maximum Gasteiger partial charge on any atom is 0.265 e. The first-order chi connectivity index (χ1) is 9.99. The Morgan fingerprint density at radius 1 is 1.19 bits per heavy atom. The van der Waals surface area contributed by atoms with Gasteiger partial charge in [0.25, 0.3) is 5.91 Å². The van der Waals surface area contributed by atoms with Crippen molar-refractivity contribution in [3.05, 3.63) is 63.4 Å². The fourth-order valence-corrected chi connectivity index (χ4v) is 2.19. The molecular weight excluding hydrogens is 318 g/mol. The lowest BCUT2D eigenvalue weighted by Gasteiger charge is -2.09. The van der Waals surface area contributed by atoms with Gasteiger partial charge in [-0.1, -0.05) is 23.2 Å². The Morgan fingerprint density at radius 2 is 1.86 bits per heavy atom. The Hall–Kier alpha value is -1.82. The molecule has 110 valence electrons. The van der Waals surface area contributed by atoms with Crippen LogP contribution in [0.1, 0.15) is 15.9 Å². The first-order valence-electron chi connectivity index (χ1n) is 5.88. The predicted molar refractivity (Wildman–Crippen MR) is 78.8 cm³/mol. The number of carbonyl (C=O) groups is 1. The number of nitrogen functional groups attached to an aromatic ring is 1. The summed E-state index contributed by atoms with van der Waals surface area (Å²) in [5.41, 5.74) is 2.43. The standard InChI is InChI=1S/C14H11Cl2FN2O2/c15-10-4-11(16)6-12(5-10)21-7-9-3-8(14(20)19-18)1-2-13(9)17/h1-6H,7,18H2,(H,19,20). The van der Waals surface area contributed by atoms with Crippen LogP contribution < -0.4 is 16.0 Å². The van der Waals surface area contributed by atoms with Crippen molar-refractivity contribution in [3.63, 3.8) is 0 Å². The van der Waals surface area contributed by atoms with Crippen molar-refractivity contribution in [1.82, 2.24) is 5.43 Å². The minimum absolute atomic E-state index is 0.0752. The van der Waals surface area contributed by atoms with E-state index in [0.29, 0.717) is 15.8 Å². The molecule has 0 aliphatic rings. The normalized spacial score (nSPS) is 10.3. The van der Waals surface area contributed by atoms with Gasteiger partial charge in [0.1, 0.15) is 18.2 Å². The molecule has 7 heteroatoms. The fourth-order valence-electron chi connectivity index (χ4n) is 1.68. The summed E-state index contributed by atoms with van der Waals surface area (Å²) in [5, 5.41) is 0.823. The average molecular weight is 329 g/mol. The molecule has 0 atom stereocenters. The first-order valence-corrected chi connectivity index (χ1v) is 6.63. The Morgan fingerprint density at radius 3 is 2.48 bits per heavy atom. The minimum atomic E-state index is -0.512. The molecule has 0 saturated carbocycles. The highest BCUT2D eigenvalue weighted by atomic mass is 35.5. The SMILES string of the molecule is NNC(=O)c1ccc(F)c(COc2cc(Cl)cc(Cl)c2)c1. The molecule has 2 aromatic carbocycles. The Balaban J connectivity index is 2.17. The van der Waals surface area contributed by atoms with E-state index in [0.717, 1.165) is 0 Å². The van der Waals surface area contributed by atoms with Crippen LogP contribution in [0, 0.1) is 5.82 Å². The number of rotatable bonds is 4. The molecule has 0 bridgehead atoms. The fraction of sp³-hybridized carbons (Fsp3) is 0.0714. The van der Waals surface area contributed by atoms with Gasteiger partial charge in [-0.25, -0.2) is 10.2 Å². The highest BCUT2D eigenvalue weighted by Crippen LogP contribution is 2.25. The number of nitrogens with one attached hydrogen (secondary N) is 1. The molecule has 0 aliphatic carbocycles. The number of hydrazine groups is 1. The van der Waals surface area contributed by atoms with E-state index in [2.05, 4.69) is 0 Å². The summed E-state index contributed by atoms with van der Waals surface area (Å²) in [4.78, 5) is 11.4. The lowest BCUT2D eigenvalue weighted by atomic mass is 10.1. The van der Waals surface area contributed by atoms with Gasteiger partial charge in [-0.15, -0.1) is 0 Å². The molecule has 0 saturated heterocycles. The summed E-state index contributed by atoms with van der Waals surface area (Å²) < 4.78 is 19.1. The van der Waals surface area contributed by atoms with Crippen molar-refractivity contribution < 1.29 is 13.9 Å². The third kappa shape index (κ3) is 4.07. The number of hydrogen-bond acceptors (Lipinski definition) is 3. The van der Waals surface area contributed by atoms with E-state index in [1.54, 1.807) is 18.2 Å². The van der Waals surface area contributed by atoms with E-state index in [9.17, 15) is 9.18 Å². The van der Waals surface area contributed by atoms with Crippen molar-refractivity contribution in [2.24, 2.45) is 5.84 Å². The summed E-state index contributed by atoms with van der Waals surface area (Å²) in [6.45, 7) is -0.0752. The second kappa shape index (κ2) is 6.76. The summed E-state index contributed by atoms with van der Waals surface area (Å²) in [6.07, 6.45) is 0. The van der Waals surface area contributed by atoms with Crippen molar-refractivity contribution in [2.75, 3.05) is 0 Å². The third-order valence-electron chi connectivity index (χ3n) is 2.67. The number of hydrogen-bond donors (Lipinski definition) is 2. The van der Waals surface area contributed by atoms with Crippen LogP contribution in [-0.4, -0.2) is 5.91 Å². The van der Waals surface area contributed by atoms with E-state index in [-0.39, 0.29) is 17.7 Å². The van der Waals surface area contributed by atoms with Gasteiger partial charge in [0.2, 0.25) is 0 Å². The van der Waals surface area contributed by atoms with E-state index < -0.39 is 11.7 Å². The molecule has 0 spiro atoms. The zero-order chi connectivity index (χ0) is 15.4. The molecule has 3 N–H and O–H groups in total. The lowest BCUT2D eigenvalue weighted by molar-refractivity contribution is 0.0953. The van der Waals surface area contributed by atoms with Crippen molar-refractivity contribution in [3.8, 4) is 5.75 Å². The lowest BCUT2D eigenvalue weighted by Crippen LogP contribution is -2.30. The second-order valence-corrected chi connectivity index (χ2v) is 5.05. The predicted octanol–water partition coefficient (Wildman–Crippen LogP) is 3.32. The number of amides is 1. The van der Waals surface area contributed by atoms with Gasteiger partial charge in [-0.3, -0.25) is 10.2 Å². The number of carbonyl (C=O) groups excluding carboxylic acids is 1. The summed E-state index contributed by atoms with van der Waals surface area (Å²) in [7, 11) is 0. The number of halogens is 3. The van der Waals surface area contributed by atoms with Crippen LogP contribution in [0.4, 0.5) is 4.39 Å². The first kappa shape index (κ1) is 15.6. The topological polar surface area (TPSA) is 64.3 Å². The smallest absolute Gasteiger partial charge is 0.265 e. The second-order valence-electron chi connectivity index (χ2n) is 4.17. The van der Waals surface area contributed by atoms with Gasteiger partial charge in [0.05, 0.1) is 0 Å². The van der Waals surface area contributed by atoms with Gasteiger partial charge in [0.15, 0.2) is 0 Å². The maximum absolute atomic E-state index is 13.7. The van der Waals surface area contributed by atoms with Crippen LogP contribution in [0.15, 0.2) is 36.4 Å². The number of ether oxygens (including phenoxy) is 1. The van der Waals surface area contributed by atoms with Crippen molar-refractivity contribution in [2.45, 2.75) is 6.61 Å². The molecule has 2 aromatic rings. The molecule has 0 aromatic heterocycles. The minimum Gasteiger partial charge on any atom is -0.489 e. The van der Waals surface area contributed by atoms with Gasteiger partial charge >= 0.3 is 0 Å². The van der Waals surface area contributed by atoms with Crippen LogP contribution in [0.25, 0.3) is 0 Å². The number of nitrogens with two attached hydrogens (primary N) is 1. The van der Waals surface area contributed by atoms with Crippen molar-refractivity contribution in [1.29, 1.82) is 0 Å². The zero-order valence-corrected chi connectivity index (χ0v) is 12.2. The molecule has 0 fully saturated rings. The summed E-state index contributed by atoms with van der Waals surface area (Å²) in [5.74, 6) is 4.44. The molecule has 2 rings (SSSR count). The van der Waals surface area contributed by atoms with E-state index in [1.165, 1.54) is 18.2 Å². The van der Waals surface area contributed by atoms with Crippen molar-refractivity contribution >= 4 is 29.1 Å². The Kier molecular flexibility index (Phi) is 5.01. The zero-order valence-electron chi connectivity index (χ0n) is 10.7. The monoisotopic (exact) mass is 328 g/mol. The van der Waals surface area contributed by atoms with E-state index >= 15 is 0 Å². The molecule has 0 heterocycles. The maximum atomic E-state index is 13.7. The third-order valence-corrected chi connectivity index (χ3v) is 3.11. The molecule has 4 nitrogen and oxygen atoms in total. The van der Waals surface area contributed by atoms with E-state index in [4.69, 9.17) is 33.8 Å². The van der Waals surface area contributed by atoms with Crippen LogP contribution in [-0.2, 0) is 6.61 Å². The van der Waals surface area contributed by atoms with Gasteiger partial charge in [0, 0.05) is 21.2 Å². The highest BCUT2D eigenvalue weighted by Gasteiger charge is 2.10. The van der Waals surface area contributed by atoms with Gasteiger partial charge in [-0.2, -0.15) is 0 Å². The number of benzene rings is 2. The van der Waals surface area contributed by atoms with E-state index in [1.807, 2.05) is 5.43 Å². The van der Waals surface area contributed by atoms with Crippen LogP contribution >= 0.6 is 23.2 Å². The molecular formula is C14H11Cl2FN2O2. The Bertz CT molecular complexity index is 660. The van der Waals surface area contributed by atoms with Crippen LogP contribution in [0.2, 0.25) is 10.0 Å². The van der Waals surface area contributed by atoms with Crippen LogP contribution in [0.3, 0.4) is 0 Å².